The van der Waals surface area contributed by atoms with E-state index in [1.54, 1.807) is 0 Å². The summed E-state index contributed by atoms with van der Waals surface area (Å²) >= 11 is 0. The molecule has 0 spiro atoms. The van der Waals surface area contributed by atoms with E-state index in [1.807, 2.05) is 6.92 Å². The minimum atomic E-state index is -3.53. The maximum Gasteiger partial charge on any atom is 0.276 e. The number of hydrogen-bond acceptors (Lipinski definition) is 2. The predicted octanol–water partition coefficient (Wildman–Crippen LogP) is 5.72. The molecule has 0 saturated carbocycles. The first-order valence-electron chi connectivity index (χ1n) is 10.6. The van der Waals surface area contributed by atoms with Crippen molar-refractivity contribution in [2.45, 2.75) is 97.3 Å². The van der Waals surface area contributed by atoms with Crippen molar-refractivity contribution in [1.82, 2.24) is 4.31 Å². The number of nitrogens with zero attached hydrogens (tertiary/aromatic N) is 1. The summed E-state index contributed by atoms with van der Waals surface area (Å²) in [4.78, 5) is 0. The fraction of sp³-hybridized carbons (Fsp3) is 0.810. The molecule has 0 aromatic carbocycles. The van der Waals surface area contributed by atoms with Crippen molar-refractivity contribution in [2.75, 3.05) is 13.1 Å². The highest BCUT2D eigenvalue weighted by Crippen LogP contribution is 2.09. The Morgan fingerprint density at radius 2 is 1.23 bits per heavy atom. The minimum Gasteiger partial charge on any atom is -0.216 e. The molecule has 0 heterocycles. The fourth-order valence-corrected chi connectivity index (χ4v) is 3.71. The number of nitrogens with two attached hydrogens (primary N) is 1. The normalized spacial score (nSPS) is 12.8. The Balaban J connectivity index is 3.46. The van der Waals surface area contributed by atoms with Crippen LogP contribution in [-0.4, -0.2) is 25.8 Å². The maximum absolute atomic E-state index is 11.4. The zero-order valence-corrected chi connectivity index (χ0v) is 18.0. The monoisotopic (exact) mass is 386 g/mol. The maximum atomic E-state index is 11.4. The summed E-state index contributed by atoms with van der Waals surface area (Å²) in [6.07, 6.45) is 24.2. The van der Waals surface area contributed by atoms with Gasteiger partial charge in [0.15, 0.2) is 0 Å². The Hall–Kier alpha value is -0.650. The van der Waals surface area contributed by atoms with Crippen LogP contribution in [0.3, 0.4) is 0 Å². The van der Waals surface area contributed by atoms with Crippen molar-refractivity contribution in [3.05, 3.63) is 24.3 Å². The van der Waals surface area contributed by atoms with Gasteiger partial charge in [0.05, 0.1) is 0 Å². The molecule has 0 atom stereocenters. The van der Waals surface area contributed by atoms with Gasteiger partial charge < -0.3 is 0 Å². The van der Waals surface area contributed by atoms with Crippen molar-refractivity contribution in [3.63, 3.8) is 0 Å². The van der Waals surface area contributed by atoms with Crippen LogP contribution in [-0.2, 0) is 10.2 Å². The van der Waals surface area contributed by atoms with Crippen molar-refractivity contribution in [3.8, 4) is 0 Å². The van der Waals surface area contributed by atoms with Gasteiger partial charge in [-0.15, -0.1) is 0 Å². The van der Waals surface area contributed by atoms with Crippen LogP contribution < -0.4 is 5.14 Å². The second-order valence-corrected chi connectivity index (χ2v) is 8.57. The van der Waals surface area contributed by atoms with E-state index in [1.165, 1.54) is 62.1 Å². The van der Waals surface area contributed by atoms with E-state index >= 15 is 0 Å². The first-order valence-corrected chi connectivity index (χ1v) is 12.1. The average molecular weight is 387 g/mol. The average Bonchev–Trinajstić information content (AvgIpc) is 2.59. The van der Waals surface area contributed by atoms with Gasteiger partial charge in [-0.1, -0.05) is 76.7 Å². The second-order valence-electron chi connectivity index (χ2n) is 7.03. The lowest BCUT2D eigenvalue weighted by Gasteiger charge is -2.18. The third-order valence-corrected chi connectivity index (χ3v) is 5.53. The summed E-state index contributed by atoms with van der Waals surface area (Å²) in [6, 6.07) is 0. The van der Waals surface area contributed by atoms with Gasteiger partial charge in [0.25, 0.3) is 10.2 Å². The van der Waals surface area contributed by atoms with Crippen LogP contribution in [0.5, 0.6) is 0 Å². The molecule has 0 unspecified atom stereocenters. The van der Waals surface area contributed by atoms with E-state index < -0.39 is 10.2 Å². The molecule has 4 nitrogen and oxygen atoms in total. The van der Waals surface area contributed by atoms with Gasteiger partial charge in [0.2, 0.25) is 0 Å². The van der Waals surface area contributed by atoms with Gasteiger partial charge in [0.1, 0.15) is 0 Å². The summed E-state index contributed by atoms with van der Waals surface area (Å²) in [7, 11) is -3.53. The number of allylic oxidation sites excluding steroid dienone is 4. The van der Waals surface area contributed by atoms with Crippen LogP contribution in [0.15, 0.2) is 24.3 Å². The summed E-state index contributed by atoms with van der Waals surface area (Å²) < 4.78 is 24.2. The fourth-order valence-electron chi connectivity index (χ4n) is 2.89. The van der Waals surface area contributed by atoms with Gasteiger partial charge in [-0.3, -0.25) is 0 Å². The minimum absolute atomic E-state index is 0.527. The van der Waals surface area contributed by atoms with Gasteiger partial charge in [-0.25, -0.2) is 5.14 Å². The molecule has 0 aromatic rings. The first-order chi connectivity index (χ1) is 12.5. The number of unbranched alkanes of at least 4 members (excludes halogenated alkanes) is 9. The van der Waals surface area contributed by atoms with E-state index in [0.717, 1.165) is 25.7 Å². The zero-order chi connectivity index (χ0) is 19.5. The zero-order valence-electron chi connectivity index (χ0n) is 17.2. The largest absolute Gasteiger partial charge is 0.276 e. The molecule has 0 aliphatic rings. The van der Waals surface area contributed by atoms with E-state index in [0.29, 0.717) is 13.1 Å². The Labute approximate surface area is 163 Å². The highest BCUT2D eigenvalue weighted by Gasteiger charge is 2.14. The smallest absolute Gasteiger partial charge is 0.216 e. The molecule has 154 valence electrons. The Morgan fingerprint density at radius 3 is 1.77 bits per heavy atom. The van der Waals surface area contributed by atoms with Crippen molar-refractivity contribution in [2.24, 2.45) is 5.14 Å². The first kappa shape index (κ1) is 25.4. The quantitative estimate of drug-likeness (QED) is 0.242. The molecule has 0 bridgehead atoms. The van der Waals surface area contributed by atoms with E-state index in [2.05, 4.69) is 31.2 Å². The van der Waals surface area contributed by atoms with Crippen LogP contribution in [0.4, 0.5) is 0 Å². The molecule has 0 fully saturated rings. The van der Waals surface area contributed by atoms with E-state index in [9.17, 15) is 8.42 Å². The predicted molar refractivity (Wildman–Crippen MR) is 114 cm³/mol. The van der Waals surface area contributed by atoms with Crippen molar-refractivity contribution >= 4 is 10.2 Å². The van der Waals surface area contributed by atoms with E-state index in [-0.39, 0.29) is 0 Å². The van der Waals surface area contributed by atoms with Crippen LogP contribution in [0, 0.1) is 0 Å². The molecule has 2 N–H and O–H groups in total. The van der Waals surface area contributed by atoms with Gasteiger partial charge in [0, 0.05) is 13.1 Å². The number of hydrogen-bond donors (Lipinski definition) is 1. The molecule has 0 rings (SSSR count). The molecule has 26 heavy (non-hydrogen) atoms. The van der Waals surface area contributed by atoms with Gasteiger partial charge in [-0.2, -0.15) is 12.7 Å². The van der Waals surface area contributed by atoms with Gasteiger partial charge >= 0.3 is 0 Å². The Bertz CT molecular complexity index is 459. The molecule has 0 aromatic heterocycles. The molecular formula is C21H42N2O2S. The Kier molecular flexibility index (Phi) is 17.3. The summed E-state index contributed by atoms with van der Waals surface area (Å²) in [6.45, 7) is 5.29. The summed E-state index contributed by atoms with van der Waals surface area (Å²) in [5.74, 6) is 0. The van der Waals surface area contributed by atoms with Crippen LogP contribution >= 0.6 is 0 Å². The van der Waals surface area contributed by atoms with Crippen LogP contribution in [0.1, 0.15) is 97.3 Å². The topological polar surface area (TPSA) is 63.4 Å². The standard InChI is InChI=1S/C21H42N2O2S/c1-3-5-6-7-8-9-10-11-12-13-14-15-16-17-18-19-21-23(20-4-2)26(22,24)25/h8-9,11-12H,3-7,10,13-21H2,1-2H3,(H2,22,24,25). The summed E-state index contributed by atoms with van der Waals surface area (Å²) in [5, 5.41) is 5.22. The molecule has 0 saturated heterocycles. The van der Waals surface area contributed by atoms with Crippen molar-refractivity contribution < 1.29 is 8.42 Å². The number of rotatable bonds is 18. The third kappa shape index (κ3) is 16.8. The molecule has 0 radical (unpaired) electrons. The lowest BCUT2D eigenvalue weighted by Crippen LogP contribution is -2.37. The SMILES string of the molecule is CCCCCC=CCC=CCCCCCCCCN(CCC)S(N)(=O)=O. The lowest BCUT2D eigenvalue weighted by atomic mass is 10.1. The third-order valence-electron chi connectivity index (χ3n) is 4.44. The molecular weight excluding hydrogens is 344 g/mol. The molecule has 0 aliphatic carbocycles. The molecule has 0 aliphatic heterocycles. The Morgan fingerprint density at radius 1 is 0.692 bits per heavy atom. The van der Waals surface area contributed by atoms with Crippen LogP contribution in [0.25, 0.3) is 0 Å². The van der Waals surface area contributed by atoms with Gasteiger partial charge in [-0.05, 0) is 44.9 Å². The highest BCUT2D eigenvalue weighted by molar-refractivity contribution is 7.86. The van der Waals surface area contributed by atoms with Crippen LogP contribution in [0.2, 0.25) is 0 Å². The molecule has 5 heteroatoms. The summed E-state index contributed by atoms with van der Waals surface area (Å²) in [5.41, 5.74) is 0. The molecule has 0 amide bonds. The lowest BCUT2D eigenvalue weighted by molar-refractivity contribution is 0.396. The second kappa shape index (κ2) is 17.7. The van der Waals surface area contributed by atoms with Crippen molar-refractivity contribution in [1.29, 1.82) is 0 Å². The highest BCUT2D eigenvalue weighted by atomic mass is 32.2. The van der Waals surface area contributed by atoms with E-state index in [4.69, 9.17) is 5.14 Å².